The number of hydrogen-bond acceptors (Lipinski definition) is 6. The minimum absolute atomic E-state index is 0.565. The molecule has 0 aliphatic heterocycles. The lowest BCUT2D eigenvalue weighted by Gasteiger charge is -2.28. The molecule has 0 unspecified atom stereocenters. The van der Waals surface area contributed by atoms with Crippen LogP contribution in [0.2, 0.25) is 0 Å². The van der Waals surface area contributed by atoms with Gasteiger partial charge in [0.25, 0.3) is 0 Å². The van der Waals surface area contributed by atoms with Crippen molar-refractivity contribution in [2.75, 3.05) is 26.9 Å². The maximum Gasteiger partial charge on any atom is 0.0728 e. The van der Waals surface area contributed by atoms with Crippen LogP contribution in [0.4, 0.5) is 0 Å². The molecule has 0 saturated carbocycles. The molecule has 0 radical (unpaired) electrons. The Bertz CT molecular complexity index is 174. The predicted octanol–water partition coefficient (Wildman–Crippen LogP) is 3.26. The van der Waals surface area contributed by atoms with Crippen molar-refractivity contribution in [2.45, 2.75) is 59.3 Å². The zero-order valence-corrected chi connectivity index (χ0v) is 12.9. The first-order valence-electron chi connectivity index (χ1n) is 7.33. The van der Waals surface area contributed by atoms with Gasteiger partial charge in [-0.3, -0.25) is 19.4 Å². The number of rotatable bonds is 14. The van der Waals surface area contributed by atoms with Crippen molar-refractivity contribution in [3.8, 4) is 0 Å². The van der Waals surface area contributed by atoms with Gasteiger partial charge in [0.2, 0.25) is 0 Å². The van der Waals surface area contributed by atoms with Crippen LogP contribution >= 0.6 is 0 Å². The molecule has 0 aromatic rings. The first-order valence-corrected chi connectivity index (χ1v) is 7.33. The highest BCUT2D eigenvalue weighted by atomic mass is 17.1. The molecule has 0 N–H and O–H groups in total. The van der Waals surface area contributed by atoms with Crippen LogP contribution in [-0.2, 0) is 19.4 Å². The molecule has 0 bridgehead atoms. The Morgan fingerprint density at radius 3 is 1.32 bits per heavy atom. The van der Waals surface area contributed by atoms with Crippen molar-refractivity contribution >= 4 is 0 Å². The van der Waals surface area contributed by atoms with Crippen molar-refractivity contribution < 1.29 is 19.4 Å². The molecular formula is C13H30N2O4. The Labute approximate surface area is 117 Å². The van der Waals surface area contributed by atoms with Crippen LogP contribution in [0.15, 0.2) is 0 Å². The van der Waals surface area contributed by atoms with Gasteiger partial charge < -0.3 is 0 Å². The SMILES string of the molecule is CCCCON(OC)N(OCCCC)OCCCC. The maximum absolute atomic E-state index is 5.50. The van der Waals surface area contributed by atoms with Crippen molar-refractivity contribution in [1.82, 2.24) is 10.7 Å². The predicted molar refractivity (Wildman–Crippen MR) is 73.3 cm³/mol. The van der Waals surface area contributed by atoms with Crippen LogP contribution in [0.1, 0.15) is 59.3 Å². The minimum Gasteiger partial charge on any atom is -0.260 e. The van der Waals surface area contributed by atoms with Crippen LogP contribution in [0.25, 0.3) is 0 Å². The van der Waals surface area contributed by atoms with Gasteiger partial charge in [-0.1, -0.05) is 40.0 Å². The fourth-order valence-electron chi connectivity index (χ4n) is 1.16. The first kappa shape index (κ1) is 18.8. The lowest BCUT2D eigenvalue weighted by molar-refractivity contribution is -0.614. The third kappa shape index (κ3) is 10.2. The quantitative estimate of drug-likeness (QED) is 0.359. The van der Waals surface area contributed by atoms with Gasteiger partial charge in [0.05, 0.1) is 37.6 Å². The second-order valence-corrected chi connectivity index (χ2v) is 4.22. The van der Waals surface area contributed by atoms with E-state index in [0.717, 1.165) is 43.9 Å². The van der Waals surface area contributed by atoms with Gasteiger partial charge in [0.15, 0.2) is 0 Å². The molecule has 0 aliphatic rings. The van der Waals surface area contributed by atoms with E-state index >= 15 is 0 Å². The van der Waals surface area contributed by atoms with Crippen LogP contribution in [0, 0.1) is 0 Å². The van der Waals surface area contributed by atoms with E-state index in [-0.39, 0.29) is 0 Å². The Morgan fingerprint density at radius 1 is 0.632 bits per heavy atom. The molecule has 0 fully saturated rings. The topological polar surface area (TPSA) is 43.4 Å². The van der Waals surface area contributed by atoms with Crippen molar-refractivity contribution in [2.24, 2.45) is 0 Å². The summed E-state index contributed by atoms with van der Waals surface area (Å²) >= 11 is 0. The van der Waals surface area contributed by atoms with Crippen molar-refractivity contribution in [1.29, 1.82) is 0 Å². The van der Waals surface area contributed by atoms with E-state index in [1.54, 1.807) is 0 Å². The maximum atomic E-state index is 5.50. The summed E-state index contributed by atoms with van der Waals surface area (Å²) in [6.45, 7) is 8.02. The Kier molecular flexibility index (Phi) is 14.0. The van der Waals surface area contributed by atoms with Crippen molar-refractivity contribution in [3.63, 3.8) is 0 Å². The molecule has 0 saturated heterocycles. The summed E-state index contributed by atoms with van der Waals surface area (Å²) in [6, 6.07) is 0. The zero-order valence-electron chi connectivity index (χ0n) is 12.9. The summed E-state index contributed by atoms with van der Waals surface area (Å²) in [4.78, 5) is 21.5. The van der Waals surface area contributed by atoms with Gasteiger partial charge in [-0.2, -0.15) is 0 Å². The first-order chi connectivity index (χ1) is 9.29. The molecule has 0 rings (SSSR count). The lowest BCUT2D eigenvalue weighted by Crippen LogP contribution is -2.42. The lowest BCUT2D eigenvalue weighted by atomic mass is 10.4. The highest BCUT2D eigenvalue weighted by molar-refractivity contribution is 4.30. The number of hydrazine groups is 1. The van der Waals surface area contributed by atoms with Crippen LogP contribution < -0.4 is 0 Å². The third-order valence-electron chi connectivity index (χ3n) is 2.39. The number of nitrogens with zero attached hydrogens (tertiary/aromatic N) is 2. The van der Waals surface area contributed by atoms with Crippen LogP contribution in [0.5, 0.6) is 0 Å². The molecular weight excluding hydrogens is 248 g/mol. The minimum atomic E-state index is 0.565. The molecule has 116 valence electrons. The second kappa shape index (κ2) is 14.2. The summed E-state index contributed by atoms with van der Waals surface area (Å²) in [5, 5.41) is 2.35. The van der Waals surface area contributed by atoms with Gasteiger partial charge >= 0.3 is 0 Å². The molecule has 0 amide bonds. The smallest absolute Gasteiger partial charge is 0.0728 e. The molecule has 6 nitrogen and oxygen atoms in total. The monoisotopic (exact) mass is 278 g/mol. The van der Waals surface area contributed by atoms with E-state index in [1.165, 1.54) is 12.4 Å². The molecule has 0 aliphatic carbocycles. The molecule has 0 aromatic carbocycles. The van der Waals surface area contributed by atoms with Crippen LogP contribution in [-0.4, -0.2) is 37.6 Å². The normalized spacial score (nSPS) is 11.7. The summed E-state index contributed by atoms with van der Waals surface area (Å²) in [7, 11) is 1.52. The summed E-state index contributed by atoms with van der Waals surface area (Å²) in [6.07, 6.45) is 6.06. The molecule has 0 heterocycles. The molecule has 0 aromatic heterocycles. The Balaban J connectivity index is 4.13. The Hall–Kier alpha value is -0.240. The van der Waals surface area contributed by atoms with Crippen molar-refractivity contribution in [3.05, 3.63) is 0 Å². The van der Waals surface area contributed by atoms with Gasteiger partial charge in [-0.05, 0) is 19.3 Å². The van der Waals surface area contributed by atoms with E-state index in [4.69, 9.17) is 19.4 Å². The van der Waals surface area contributed by atoms with E-state index in [0.29, 0.717) is 19.8 Å². The van der Waals surface area contributed by atoms with E-state index < -0.39 is 0 Å². The molecule has 19 heavy (non-hydrogen) atoms. The average Bonchev–Trinajstić information content (AvgIpc) is 2.43. The summed E-state index contributed by atoms with van der Waals surface area (Å²) in [5.74, 6) is 0. The van der Waals surface area contributed by atoms with Gasteiger partial charge in [-0.15, -0.1) is 0 Å². The highest BCUT2D eigenvalue weighted by Crippen LogP contribution is 2.06. The molecule has 0 atom stereocenters. The zero-order chi connectivity index (χ0) is 14.3. The van der Waals surface area contributed by atoms with Gasteiger partial charge in [-0.25, -0.2) is 0 Å². The van der Waals surface area contributed by atoms with Gasteiger partial charge in [0.1, 0.15) is 0 Å². The number of hydrogen-bond donors (Lipinski definition) is 0. The summed E-state index contributed by atoms with van der Waals surface area (Å²) in [5.41, 5.74) is 0. The summed E-state index contributed by atoms with van der Waals surface area (Å²) < 4.78 is 0. The largest absolute Gasteiger partial charge is 0.260 e. The Morgan fingerprint density at radius 2 is 1.00 bits per heavy atom. The number of unbranched alkanes of at least 4 members (excludes halogenated alkanes) is 3. The molecule has 6 heteroatoms. The third-order valence-corrected chi connectivity index (χ3v) is 2.39. The second-order valence-electron chi connectivity index (χ2n) is 4.22. The van der Waals surface area contributed by atoms with Gasteiger partial charge in [0, 0.05) is 0 Å². The fourth-order valence-corrected chi connectivity index (χ4v) is 1.16. The van der Waals surface area contributed by atoms with E-state index in [2.05, 4.69) is 20.8 Å². The molecule has 0 spiro atoms. The fraction of sp³-hybridized carbons (Fsp3) is 1.00. The van der Waals surface area contributed by atoms with E-state index in [1.807, 2.05) is 0 Å². The average molecular weight is 278 g/mol. The standard InChI is InChI=1S/C13H30N2O4/c1-5-8-11-17-14(16-4)15(18-12-9-6-2)19-13-10-7-3/h5-13H2,1-4H3. The van der Waals surface area contributed by atoms with E-state index in [9.17, 15) is 0 Å². The van der Waals surface area contributed by atoms with Crippen LogP contribution in [0.3, 0.4) is 0 Å². The highest BCUT2D eigenvalue weighted by Gasteiger charge is 2.18.